The van der Waals surface area contributed by atoms with Gasteiger partial charge in [-0.25, -0.2) is 4.68 Å². The average Bonchev–Trinajstić information content (AvgIpc) is 2.82. The van der Waals surface area contributed by atoms with Gasteiger partial charge in [-0.1, -0.05) is 0 Å². The molecule has 0 amide bonds. The lowest BCUT2D eigenvalue weighted by Crippen LogP contribution is -2.17. The molecule has 1 aliphatic carbocycles. The molecule has 100 valence electrons. The maximum Gasteiger partial charge on any atom is 0.0856 e. The molecule has 2 aromatic rings. The number of aromatic nitrogens is 3. The molecule has 1 aliphatic rings. The van der Waals surface area contributed by atoms with Crippen LogP contribution in [0, 0.1) is 0 Å². The van der Waals surface area contributed by atoms with Crippen LogP contribution in [0.4, 0.5) is 0 Å². The summed E-state index contributed by atoms with van der Waals surface area (Å²) in [5.41, 5.74) is 3.50. The number of pyridine rings is 1. The van der Waals surface area contributed by atoms with Crippen LogP contribution in [0.25, 0.3) is 5.69 Å². The maximum atomic E-state index is 10.1. The summed E-state index contributed by atoms with van der Waals surface area (Å²) in [5.74, 6) is 0. The van der Waals surface area contributed by atoms with E-state index in [1.165, 1.54) is 24.1 Å². The van der Waals surface area contributed by atoms with Crippen molar-refractivity contribution in [3.63, 3.8) is 0 Å². The Labute approximate surface area is 113 Å². The second-order valence-electron chi connectivity index (χ2n) is 5.73. The molecular formula is C15H19N3O. The van der Waals surface area contributed by atoms with Gasteiger partial charge in [-0.2, -0.15) is 5.10 Å². The second-order valence-corrected chi connectivity index (χ2v) is 5.73. The minimum absolute atomic E-state index is 0.810. The Hall–Kier alpha value is -1.68. The van der Waals surface area contributed by atoms with Crippen molar-refractivity contribution in [1.29, 1.82) is 0 Å². The quantitative estimate of drug-likeness (QED) is 0.898. The molecule has 19 heavy (non-hydrogen) atoms. The zero-order valence-corrected chi connectivity index (χ0v) is 11.4. The Kier molecular flexibility index (Phi) is 2.90. The third kappa shape index (κ3) is 2.28. The summed E-state index contributed by atoms with van der Waals surface area (Å²) >= 11 is 0. The second kappa shape index (κ2) is 4.46. The predicted octanol–water partition coefficient (Wildman–Crippen LogP) is 2.37. The van der Waals surface area contributed by atoms with E-state index >= 15 is 0 Å². The maximum absolute atomic E-state index is 10.1. The van der Waals surface area contributed by atoms with E-state index in [1.54, 1.807) is 26.2 Å². The van der Waals surface area contributed by atoms with E-state index in [2.05, 4.69) is 10.1 Å². The highest BCUT2D eigenvalue weighted by Crippen LogP contribution is 2.25. The molecule has 0 radical (unpaired) electrons. The van der Waals surface area contributed by atoms with Crippen molar-refractivity contribution in [2.24, 2.45) is 0 Å². The van der Waals surface area contributed by atoms with Crippen molar-refractivity contribution in [2.45, 2.75) is 45.1 Å². The van der Waals surface area contributed by atoms with Gasteiger partial charge in [-0.05, 0) is 51.2 Å². The normalized spacial score (nSPS) is 15.3. The first kappa shape index (κ1) is 12.4. The zero-order chi connectivity index (χ0) is 13.5. The molecule has 0 spiro atoms. The van der Waals surface area contributed by atoms with Gasteiger partial charge in [0.2, 0.25) is 0 Å². The molecule has 0 atom stereocenters. The number of rotatable bonds is 2. The van der Waals surface area contributed by atoms with E-state index in [0.717, 1.165) is 24.1 Å². The number of hydrogen-bond donors (Lipinski definition) is 1. The van der Waals surface area contributed by atoms with Crippen LogP contribution in [0.5, 0.6) is 0 Å². The summed E-state index contributed by atoms with van der Waals surface area (Å²) in [6.07, 6.45) is 10.1. The minimum Gasteiger partial charge on any atom is -0.386 e. The highest BCUT2D eigenvalue weighted by Gasteiger charge is 2.19. The Balaban J connectivity index is 2.05. The van der Waals surface area contributed by atoms with E-state index in [1.807, 2.05) is 16.9 Å². The first-order valence-electron chi connectivity index (χ1n) is 6.80. The summed E-state index contributed by atoms with van der Waals surface area (Å²) in [6.45, 7) is 3.54. The van der Waals surface area contributed by atoms with Crippen LogP contribution in [0.2, 0.25) is 0 Å². The Morgan fingerprint density at radius 3 is 2.74 bits per heavy atom. The molecule has 0 aliphatic heterocycles. The molecule has 1 N–H and O–H groups in total. The number of aryl methyl sites for hydroxylation is 1. The van der Waals surface area contributed by atoms with Crippen molar-refractivity contribution in [2.75, 3.05) is 0 Å². The molecule has 0 aromatic carbocycles. The fourth-order valence-corrected chi connectivity index (χ4v) is 2.59. The van der Waals surface area contributed by atoms with Crippen molar-refractivity contribution in [3.8, 4) is 5.69 Å². The summed E-state index contributed by atoms with van der Waals surface area (Å²) in [5, 5.41) is 14.6. The van der Waals surface area contributed by atoms with E-state index in [4.69, 9.17) is 0 Å². The summed E-state index contributed by atoms with van der Waals surface area (Å²) in [7, 11) is 0. The van der Waals surface area contributed by atoms with Crippen molar-refractivity contribution in [3.05, 3.63) is 41.5 Å². The minimum atomic E-state index is -0.879. The Bertz CT molecular complexity index is 596. The van der Waals surface area contributed by atoms with Gasteiger partial charge < -0.3 is 5.11 Å². The largest absolute Gasteiger partial charge is 0.386 e. The highest BCUT2D eigenvalue weighted by atomic mass is 16.3. The molecule has 2 heterocycles. The van der Waals surface area contributed by atoms with E-state index < -0.39 is 5.60 Å². The molecule has 3 rings (SSSR count). The topological polar surface area (TPSA) is 50.9 Å². The molecule has 4 heteroatoms. The number of hydrogen-bond acceptors (Lipinski definition) is 3. The Morgan fingerprint density at radius 2 is 1.95 bits per heavy atom. The zero-order valence-electron chi connectivity index (χ0n) is 11.4. The van der Waals surface area contributed by atoms with Crippen LogP contribution in [0.3, 0.4) is 0 Å². The van der Waals surface area contributed by atoms with Gasteiger partial charge in [0.1, 0.15) is 0 Å². The van der Waals surface area contributed by atoms with E-state index in [-0.39, 0.29) is 0 Å². The molecule has 0 saturated heterocycles. The number of nitrogens with zero attached hydrogens (tertiary/aromatic N) is 3. The third-order valence-corrected chi connectivity index (χ3v) is 3.74. The SMILES string of the molecule is CC(C)(O)c1cncc(-n2ncc3c2CCCC3)c1. The molecule has 0 fully saturated rings. The standard InChI is InChI=1S/C15H19N3O/c1-15(2,19)12-7-13(10-16-9-12)18-14-6-4-3-5-11(14)8-17-18/h7-10,19H,3-6H2,1-2H3. The molecule has 4 nitrogen and oxygen atoms in total. The van der Waals surface area contributed by atoms with Gasteiger partial charge in [-0.3, -0.25) is 4.98 Å². The van der Waals surface area contributed by atoms with Crippen LogP contribution in [0.1, 0.15) is 43.5 Å². The van der Waals surface area contributed by atoms with Gasteiger partial charge in [-0.15, -0.1) is 0 Å². The van der Waals surface area contributed by atoms with Gasteiger partial charge in [0.15, 0.2) is 0 Å². The average molecular weight is 257 g/mol. The van der Waals surface area contributed by atoms with Crippen LogP contribution in [-0.2, 0) is 18.4 Å². The third-order valence-electron chi connectivity index (χ3n) is 3.74. The van der Waals surface area contributed by atoms with Gasteiger partial charge in [0.05, 0.1) is 23.7 Å². The first-order chi connectivity index (χ1) is 9.05. The van der Waals surface area contributed by atoms with Crippen LogP contribution >= 0.6 is 0 Å². The van der Waals surface area contributed by atoms with Crippen molar-refractivity contribution >= 4 is 0 Å². The van der Waals surface area contributed by atoms with E-state index in [9.17, 15) is 5.11 Å². The Morgan fingerprint density at radius 1 is 1.16 bits per heavy atom. The lowest BCUT2D eigenvalue weighted by molar-refractivity contribution is 0.0782. The van der Waals surface area contributed by atoms with Gasteiger partial charge in [0, 0.05) is 17.5 Å². The highest BCUT2D eigenvalue weighted by molar-refractivity contribution is 5.37. The van der Waals surface area contributed by atoms with Gasteiger partial charge in [0.25, 0.3) is 0 Å². The van der Waals surface area contributed by atoms with E-state index in [0.29, 0.717) is 0 Å². The van der Waals surface area contributed by atoms with Crippen LogP contribution in [0.15, 0.2) is 24.7 Å². The molecule has 0 unspecified atom stereocenters. The molecular weight excluding hydrogens is 238 g/mol. The van der Waals surface area contributed by atoms with Gasteiger partial charge >= 0.3 is 0 Å². The lowest BCUT2D eigenvalue weighted by Gasteiger charge is -2.19. The molecule has 0 saturated carbocycles. The fourth-order valence-electron chi connectivity index (χ4n) is 2.59. The van der Waals surface area contributed by atoms with Crippen molar-refractivity contribution in [1.82, 2.24) is 14.8 Å². The first-order valence-corrected chi connectivity index (χ1v) is 6.80. The predicted molar refractivity (Wildman–Crippen MR) is 73.2 cm³/mol. The van der Waals surface area contributed by atoms with Crippen LogP contribution < -0.4 is 0 Å². The molecule has 2 aromatic heterocycles. The number of aliphatic hydroxyl groups is 1. The molecule has 0 bridgehead atoms. The lowest BCUT2D eigenvalue weighted by atomic mass is 9.98. The summed E-state index contributed by atoms with van der Waals surface area (Å²) in [6, 6.07) is 1.97. The monoisotopic (exact) mass is 257 g/mol. The number of fused-ring (bicyclic) bond motifs is 1. The smallest absolute Gasteiger partial charge is 0.0856 e. The summed E-state index contributed by atoms with van der Waals surface area (Å²) in [4.78, 5) is 4.24. The van der Waals surface area contributed by atoms with Crippen molar-refractivity contribution < 1.29 is 5.11 Å². The van der Waals surface area contributed by atoms with Crippen LogP contribution in [-0.4, -0.2) is 19.9 Å². The fraction of sp³-hybridized carbons (Fsp3) is 0.467. The summed E-state index contributed by atoms with van der Waals surface area (Å²) < 4.78 is 1.97.